The summed E-state index contributed by atoms with van der Waals surface area (Å²) >= 11 is 0. The maximum atomic E-state index is 4.04. The molecule has 102 valence electrons. The van der Waals surface area contributed by atoms with Crippen LogP contribution in [0.4, 0.5) is 0 Å². The first-order valence-electron chi connectivity index (χ1n) is 8.05. The lowest BCUT2D eigenvalue weighted by atomic mass is 9.53. The van der Waals surface area contributed by atoms with E-state index in [0.29, 0.717) is 11.6 Å². The average molecular weight is 255 g/mol. The van der Waals surface area contributed by atoms with Crippen LogP contribution in [0.25, 0.3) is 0 Å². The Labute approximate surface area is 116 Å². The molecule has 1 nitrogen and oxygen atoms in total. The van der Waals surface area contributed by atoms with Crippen molar-refractivity contribution in [2.75, 3.05) is 0 Å². The summed E-state index contributed by atoms with van der Waals surface area (Å²) in [6, 6.07) is 11.5. The van der Waals surface area contributed by atoms with Crippen molar-refractivity contribution in [1.82, 2.24) is 5.32 Å². The highest BCUT2D eigenvalue weighted by Crippen LogP contribution is 2.56. The Morgan fingerprint density at radius 3 is 2.00 bits per heavy atom. The number of nitrogens with one attached hydrogen (secondary N) is 1. The maximum Gasteiger partial charge on any atom is 0.0296 e. The predicted octanol–water partition coefficient (Wildman–Crippen LogP) is 4.31. The number of benzene rings is 1. The van der Waals surface area contributed by atoms with Crippen LogP contribution in [0.15, 0.2) is 30.3 Å². The highest BCUT2D eigenvalue weighted by molar-refractivity contribution is 5.19. The van der Waals surface area contributed by atoms with Crippen molar-refractivity contribution in [1.29, 1.82) is 0 Å². The van der Waals surface area contributed by atoms with Gasteiger partial charge in [-0.25, -0.2) is 0 Å². The molecule has 0 unspecified atom stereocenters. The van der Waals surface area contributed by atoms with Crippen molar-refractivity contribution >= 4 is 0 Å². The summed E-state index contributed by atoms with van der Waals surface area (Å²) in [4.78, 5) is 0. The van der Waals surface area contributed by atoms with E-state index in [0.717, 1.165) is 17.8 Å². The van der Waals surface area contributed by atoms with E-state index in [-0.39, 0.29) is 0 Å². The summed E-state index contributed by atoms with van der Waals surface area (Å²) in [6.45, 7) is 2.34. The molecule has 1 N–H and O–H groups in total. The van der Waals surface area contributed by atoms with E-state index < -0.39 is 0 Å². The predicted molar refractivity (Wildman–Crippen MR) is 78.9 cm³/mol. The van der Waals surface area contributed by atoms with E-state index in [1.54, 1.807) is 0 Å². The fourth-order valence-corrected chi connectivity index (χ4v) is 5.57. The molecular weight excluding hydrogens is 230 g/mol. The van der Waals surface area contributed by atoms with Gasteiger partial charge in [-0.2, -0.15) is 0 Å². The van der Waals surface area contributed by atoms with Gasteiger partial charge in [0, 0.05) is 11.6 Å². The summed E-state index contributed by atoms with van der Waals surface area (Å²) in [7, 11) is 0. The monoisotopic (exact) mass is 255 g/mol. The normalized spacial score (nSPS) is 41.4. The SMILES string of the molecule is C[C@@H](NC12CC3CC(CC(C3)C1)C2)c1ccccc1. The topological polar surface area (TPSA) is 12.0 Å². The van der Waals surface area contributed by atoms with Gasteiger partial charge in [-0.05, 0) is 68.8 Å². The van der Waals surface area contributed by atoms with Gasteiger partial charge in [0.15, 0.2) is 0 Å². The first-order chi connectivity index (χ1) is 9.22. The van der Waals surface area contributed by atoms with Gasteiger partial charge in [-0.1, -0.05) is 30.3 Å². The van der Waals surface area contributed by atoms with Gasteiger partial charge < -0.3 is 5.32 Å². The number of hydrogen-bond donors (Lipinski definition) is 1. The molecule has 0 aromatic heterocycles. The lowest BCUT2D eigenvalue weighted by Gasteiger charge is -2.57. The van der Waals surface area contributed by atoms with Crippen LogP contribution in [-0.4, -0.2) is 5.54 Å². The molecule has 4 aliphatic rings. The zero-order valence-electron chi connectivity index (χ0n) is 11.9. The van der Waals surface area contributed by atoms with Crippen molar-refractivity contribution in [3.63, 3.8) is 0 Å². The van der Waals surface area contributed by atoms with Crippen molar-refractivity contribution in [3.8, 4) is 0 Å². The van der Waals surface area contributed by atoms with Crippen LogP contribution in [0.1, 0.15) is 57.1 Å². The molecule has 5 rings (SSSR count). The second kappa shape index (κ2) is 4.34. The molecule has 1 heteroatoms. The van der Waals surface area contributed by atoms with Gasteiger partial charge in [-0.15, -0.1) is 0 Å². The summed E-state index contributed by atoms with van der Waals surface area (Å²) in [5, 5.41) is 4.04. The average Bonchev–Trinajstić information content (AvgIpc) is 2.37. The number of hydrogen-bond acceptors (Lipinski definition) is 1. The summed E-state index contributed by atoms with van der Waals surface area (Å²) in [6.07, 6.45) is 8.91. The molecule has 4 bridgehead atoms. The molecule has 1 atom stereocenters. The van der Waals surface area contributed by atoms with E-state index in [2.05, 4.69) is 42.6 Å². The van der Waals surface area contributed by atoms with Crippen molar-refractivity contribution in [2.24, 2.45) is 17.8 Å². The van der Waals surface area contributed by atoms with Gasteiger partial charge in [0.25, 0.3) is 0 Å². The van der Waals surface area contributed by atoms with E-state index in [1.807, 2.05) is 0 Å². The second-order valence-corrected chi connectivity index (χ2v) is 7.47. The third-order valence-electron chi connectivity index (χ3n) is 5.86. The molecule has 0 saturated heterocycles. The van der Waals surface area contributed by atoms with E-state index in [9.17, 15) is 0 Å². The number of rotatable bonds is 3. The zero-order chi connectivity index (χ0) is 12.9. The Kier molecular flexibility index (Phi) is 2.73. The van der Waals surface area contributed by atoms with Gasteiger partial charge in [-0.3, -0.25) is 0 Å². The summed E-state index contributed by atoms with van der Waals surface area (Å²) in [5.74, 6) is 3.09. The summed E-state index contributed by atoms with van der Waals surface area (Å²) in [5.41, 5.74) is 1.92. The fourth-order valence-electron chi connectivity index (χ4n) is 5.57. The molecule has 4 fully saturated rings. The van der Waals surface area contributed by atoms with Crippen LogP contribution in [-0.2, 0) is 0 Å². The molecule has 0 amide bonds. The van der Waals surface area contributed by atoms with Crippen LogP contribution >= 0.6 is 0 Å². The van der Waals surface area contributed by atoms with Gasteiger partial charge in [0.2, 0.25) is 0 Å². The first-order valence-corrected chi connectivity index (χ1v) is 8.05. The van der Waals surface area contributed by atoms with Crippen molar-refractivity contribution < 1.29 is 0 Å². The minimum atomic E-state index is 0.476. The quantitative estimate of drug-likeness (QED) is 0.849. The first kappa shape index (κ1) is 12.0. The van der Waals surface area contributed by atoms with Gasteiger partial charge in [0.1, 0.15) is 0 Å². The molecule has 4 saturated carbocycles. The minimum absolute atomic E-state index is 0.476. The van der Waals surface area contributed by atoms with E-state index in [1.165, 1.54) is 44.1 Å². The zero-order valence-corrected chi connectivity index (χ0v) is 11.9. The molecule has 0 radical (unpaired) electrons. The third kappa shape index (κ3) is 2.12. The lowest BCUT2D eigenvalue weighted by molar-refractivity contribution is -0.0245. The van der Waals surface area contributed by atoms with Gasteiger partial charge >= 0.3 is 0 Å². The lowest BCUT2D eigenvalue weighted by Crippen LogP contribution is -2.58. The Morgan fingerprint density at radius 2 is 1.47 bits per heavy atom. The molecule has 1 aromatic carbocycles. The van der Waals surface area contributed by atoms with E-state index in [4.69, 9.17) is 0 Å². The standard InChI is InChI=1S/C18H25N/c1-13(17-5-3-2-4-6-17)19-18-10-14-7-15(11-18)9-16(8-14)12-18/h2-6,13-16,19H,7-12H2,1H3/t13-,14?,15?,16?,18?/m1/s1. The highest BCUT2D eigenvalue weighted by atomic mass is 15.0. The molecule has 1 aromatic rings. The molecule has 0 aliphatic heterocycles. The minimum Gasteiger partial charge on any atom is -0.305 e. The molecular formula is C18H25N. The van der Waals surface area contributed by atoms with Crippen LogP contribution in [0.2, 0.25) is 0 Å². The fraction of sp³-hybridized carbons (Fsp3) is 0.667. The molecule has 19 heavy (non-hydrogen) atoms. The third-order valence-corrected chi connectivity index (χ3v) is 5.86. The Bertz CT molecular complexity index is 415. The van der Waals surface area contributed by atoms with Crippen LogP contribution in [0, 0.1) is 17.8 Å². The van der Waals surface area contributed by atoms with E-state index >= 15 is 0 Å². The van der Waals surface area contributed by atoms with Crippen molar-refractivity contribution in [2.45, 2.75) is 57.0 Å². The van der Waals surface area contributed by atoms with Crippen LogP contribution in [0.5, 0.6) is 0 Å². The smallest absolute Gasteiger partial charge is 0.0296 e. The maximum absolute atomic E-state index is 4.04. The highest BCUT2D eigenvalue weighted by Gasteiger charge is 2.51. The molecule has 4 aliphatic carbocycles. The largest absolute Gasteiger partial charge is 0.305 e. The van der Waals surface area contributed by atoms with Gasteiger partial charge in [0.05, 0.1) is 0 Å². The molecule has 0 heterocycles. The molecule has 0 spiro atoms. The van der Waals surface area contributed by atoms with Crippen LogP contribution in [0.3, 0.4) is 0 Å². The van der Waals surface area contributed by atoms with Crippen molar-refractivity contribution in [3.05, 3.63) is 35.9 Å². The Morgan fingerprint density at radius 1 is 0.947 bits per heavy atom. The second-order valence-electron chi connectivity index (χ2n) is 7.47. The Balaban J connectivity index is 1.53. The van der Waals surface area contributed by atoms with Crippen LogP contribution < -0.4 is 5.32 Å². The summed E-state index contributed by atoms with van der Waals surface area (Å²) < 4.78 is 0. The Hall–Kier alpha value is -0.820.